The fourth-order valence-corrected chi connectivity index (χ4v) is 6.51. The number of carbonyl (C=O) groups is 2. The van der Waals surface area contributed by atoms with Gasteiger partial charge < -0.3 is 14.5 Å². The topological polar surface area (TPSA) is 90.5 Å². The number of benzene rings is 1. The van der Waals surface area contributed by atoms with Gasteiger partial charge in [0.2, 0.25) is 11.8 Å². The number of methoxy groups -OCH3 is 1. The van der Waals surface area contributed by atoms with Crippen molar-refractivity contribution in [3.63, 3.8) is 0 Å². The van der Waals surface area contributed by atoms with E-state index in [4.69, 9.17) is 4.74 Å². The molecule has 0 saturated carbocycles. The zero-order valence-corrected chi connectivity index (χ0v) is 21.6. The molecule has 0 aliphatic carbocycles. The standard InChI is InChI=1S/C24H38N4O5S/c1-5-8-13-28-22(29)18-21(23(28)19-9-11-20(33-4)12-10-19)24(30)25-14-16-27(17-15-25)34(31,32)26(6-2)7-3/h9-12,21,23H,5-8,13-18H2,1-4H3. The summed E-state index contributed by atoms with van der Waals surface area (Å²) in [6, 6.07) is 7.24. The lowest BCUT2D eigenvalue weighted by molar-refractivity contribution is -0.137. The molecule has 0 bridgehead atoms. The molecule has 0 radical (unpaired) electrons. The molecule has 2 heterocycles. The molecule has 3 rings (SSSR count). The molecule has 2 fully saturated rings. The van der Waals surface area contributed by atoms with Crippen LogP contribution in [0.2, 0.25) is 0 Å². The summed E-state index contributed by atoms with van der Waals surface area (Å²) in [5.41, 5.74) is 0.920. The number of amides is 2. The maximum Gasteiger partial charge on any atom is 0.282 e. The van der Waals surface area contributed by atoms with Crippen LogP contribution in [0.3, 0.4) is 0 Å². The first-order valence-electron chi connectivity index (χ1n) is 12.3. The van der Waals surface area contributed by atoms with Gasteiger partial charge in [0.25, 0.3) is 10.2 Å². The molecule has 2 atom stereocenters. The van der Waals surface area contributed by atoms with Crippen molar-refractivity contribution in [1.29, 1.82) is 0 Å². The van der Waals surface area contributed by atoms with Crippen molar-refractivity contribution in [3.05, 3.63) is 29.8 Å². The number of unbranched alkanes of at least 4 members (excludes halogenated alkanes) is 1. The molecule has 2 aliphatic rings. The lowest BCUT2D eigenvalue weighted by Gasteiger charge is -2.38. The van der Waals surface area contributed by atoms with Gasteiger partial charge in [-0.1, -0.05) is 39.3 Å². The minimum absolute atomic E-state index is 0.00429. The van der Waals surface area contributed by atoms with Crippen molar-refractivity contribution in [3.8, 4) is 5.75 Å². The van der Waals surface area contributed by atoms with E-state index in [1.54, 1.807) is 12.0 Å². The summed E-state index contributed by atoms with van der Waals surface area (Å²) in [6.45, 7) is 8.35. The molecule has 2 amide bonds. The zero-order chi connectivity index (χ0) is 24.9. The molecule has 1 aromatic rings. The molecule has 0 spiro atoms. The highest BCUT2D eigenvalue weighted by molar-refractivity contribution is 7.86. The molecular weight excluding hydrogens is 456 g/mol. The van der Waals surface area contributed by atoms with Crippen LogP contribution in [0.15, 0.2) is 24.3 Å². The summed E-state index contributed by atoms with van der Waals surface area (Å²) < 4.78 is 33.9. The Hall–Kier alpha value is -2.17. The Bertz CT molecular complexity index is 941. The molecule has 0 aromatic heterocycles. The van der Waals surface area contributed by atoms with Crippen LogP contribution >= 0.6 is 0 Å². The predicted molar refractivity (Wildman–Crippen MR) is 130 cm³/mol. The van der Waals surface area contributed by atoms with Crippen LogP contribution in [0.5, 0.6) is 5.75 Å². The van der Waals surface area contributed by atoms with Crippen LogP contribution in [0.4, 0.5) is 0 Å². The largest absolute Gasteiger partial charge is 0.497 e. The van der Waals surface area contributed by atoms with E-state index >= 15 is 0 Å². The Morgan fingerprint density at radius 3 is 2.21 bits per heavy atom. The maximum atomic E-state index is 13.6. The van der Waals surface area contributed by atoms with E-state index in [-0.39, 0.29) is 37.4 Å². The van der Waals surface area contributed by atoms with Crippen molar-refractivity contribution in [2.45, 2.75) is 46.1 Å². The summed E-state index contributed by atoms with van der Waals surface area (Å²) in [6.07, 6.45) is 2.01. The van der Waals surface area contributed by atoms with Crippen LogP contribution in [0.25, 0.3) is 0 Å². The van der Waals surface area contributed by atoms with Gasteiger partial charge in [0.15, 0.2) is 0 Å². The quantitative estimate of drug-likeness (QED) is 0.497. The van der Waals surface area contributed by atoms with E-state index in [1.165, 1.54) is 8.61 Å². The third kappa shape index (κ3) is 5.39. The summed E-state index contributed by atoms with van der Waals surface area (Å²) in [5.74, 6) is 0.161. The first-order valence-corrected chi connectivity index (χ1v) is 13.7. The summed E-state index contributed by atoms with van der Waals surface area (Å²) in [5, 5.41) is 0. The fraction of sp³-hybridized carbons (Fsp3) is 0.667. The monoisotopic (exact) mass is 494 g/mol. The highest BCUT2D eigenvalue weighted by atomic mass is 32.2. The van der Waals surface area contributed by atoms with Gasteiger partial charge in [0.05, 0.1) is 19.1 Å². The second kappa shape index (κ2) is 11.5. The van der Waals surface area contributed by atoms with E-state index < -0.39 is 16.1 Å². The molecule has 10 heteroatoms. The first-order chi connectivity index (χ1) is 16.3. The summed E-state index contributed by atoms with van der Waals surface area (Å²) in [7, 11) is -1.92. The number of carbonyl (C=O) groups excluding carboxylic acids is 2. The summed E-state index contributed by atoms with van der Waals surface area (Å²) >= 11 is 0. The van der Waals surface area contributed by atoms with Gasteiger partial charge in [-0.3, -0.25) is 9.59 Å². The van der Waals surface area contributed by atoms with Gasteiger partial charge >= 0.3 is 0 Å². The van der Waals surface area contributed by atoms with Crippen LogP contribution in [0, 0.1) is 5.92 Å². The van der Waals surface area contributed by atoms with Gasteiger partial charge in [-0.25, -0.2) is 0 Å². The van der Waals surface area contributed by atoms with Crippen LogP contribution in [-0.4, -0.2) is 91.6 Å². The number of nitrogens with zero attached hydrogens (tertiary/aromatic N) is 4. The Morgan fingerprint density at radius 1 is 1.06 bits per heavy atom. The Kier molecular flexibility index (Phi) is 8.95. The Labute approximate surface area is 203 Å². The number of hydrogen-bond donors (Lipinski definition) is 0. The van der Waals surface area contributed by atoms with E-state index in [1.807, 2.05) is 43.0 Å². The molecule has 9 nitrogen and oxygen atoms in total. The van der Waals surface area contributed by atoms with Crippen molar-refractivity contribution in [2.24, 2.45) is 5.92 Å². The van der Waals surface area contributed by atoms with Crippen molar-refractivity contribution in [1.82, 2.24) is 18.4 Å². The van der Waals surface area contributed by atoms with Crippen molar-refractivity contribution in [2.75, 3.05) is 52.9 Å². The number of rotatable bonds is 10. The smallest absolute Gasteiger partial charge is 0.282 e. The van der Waals surface area contributed by atoms with Crippen molar-refractivity contribution >= 4 is 22.0 Å². The predicted octanol–water partition coefficient (Wildman–Crippen LogP) is 2.12. The van der Waals surface area contributed by atoms with Gasteiger partial charge in [0.1, 0.15) is 5.75 Å². The van der Waals surface area contributed by atoms with Crippen LogP contribution in [0.1, 0.15) is 51.6 Å². The highest BCUT2D eigenvalue weighted by Crippen LogP contribution is 2.40. The normalized spacial score (nSPS) is 22.0. The average Bonchev–Trinajstić information content (AvgIpc) is 3.18. The number of piperazine rings is 1. The number of ether oxygens (including phenoxy) is 1. The van der Waals surface area contributed by atoms with E-state index in [2.05, 4.69) is 6.92 Å². The average molecular weight is 495 g/mol. The highest BCUT2D eigenvalue weighted by Gasteiger charge is 2.46. The fourth-order valence-electron chi connectivity index (χ4n) is 4.90. The van der Waals surface area contributed by atoms with E-state index in [0.717, 1.165) is 24.2 Å². The molecule has 0 N–H and O–H groups in total. The minimum Gasteiger partial charge on any atom is -0.497 e. The summed E-state index contributed by atoms with van der Waals surface area (Å²) in [4.78, 5) is 30.1. The van der Waals surface area contributed by atoms with E-state index in [0.29, 0.717) is 32.7 Å². The second-order valence-electron chi connectivity index (χ2n) is 8.79. The molecule has 2 unspecified atom stereocenters. The minimum atomic E-state index is -3.53. The molecule has 190 valence electrons. The van der Waals surface area contributed by atoms with E-state index in [9.17, 15) is 18.0 Å². The lowest BCUT2D eigenvalue weighted by atomic mass is 9.92. The molecule has 34 heavy (non-hydrogen) atoms. The molecular formula is C24H38N4O5S. The van der Waals surface area contributed by atoms with Crippen molar-refractivity contribution < 1.29 is 22.7 Å². The van der Waals surface area contributed by atoms with Gasteiger partial charge in [-0.05, 0) is 24.1 Å². The van der Waals surface area contributed by atoms with Gasteiger partial charge in [-0.2, -0.15) is 17.0 Å². The number of hydrogen-bond acceptors (Lipinski definition) is 5. The Morgan fingerprint density at radius 2 is 1.68 bits per heavy atom. The molecule has 2 aliphatic heterocycles. The molecule has 1 aromatic carbocycles. The van der Waals surface area contributed by atoms with Crippen LogP contribution < -0.4 is 4.74 Å². The second-order valence-corrected chi connectivity index (χ2v) is 10.7. The maximum absolute atomic E-state index is 13.6. The van der Waals surface area contributed by atoms with Crippen LogP contribution in [-0.2, 0) is 19.8 Å². The Balaban J connectivity index is 1.77. The third-order valence-electron chi connectivity index (χ3n) is 6.87. The molecule has 2 saturated heterocycles. The SMILES string of the molecule is CCCCN1C(=O)CC(C(=O)N2CCN(S(=O)(=O)N(CC)CC)CC2)C1c1ccc(OC)cc1. The third-order valence-corrected chi connectivity index (χ3v) is 9.05. The van der Waals surface area contributed by atoms with Gasteiger partial charge in [0, 0.05) is 52.2 Å². The first kappa shape index (κ1) is 26.4. The lowest BCUT2D eigenvalue weighted by Crippen LogP contribution is -2.55. The number of likely N-dealkylation sites (tertiary alicyclic amines) is 1. The zero-order valence-electron chi connectivity index (χ0n) is 20.8. The van der Waals surface area contributed by atoms with Gasteiger partial charge in [-0.15, -0.1) is 0 Å².